The lowest BCUT2D eigenvalue weighted by molar-refractivity contribution is 0.0234. The first-order valence-corrected chi connectivity index (χ1v) is 6.16. The summed E-state index contributed by atoms with van der Waals surface area (Å²) in [5.41, 5.74) is -0.127. The minimum Gasteiger partial charge on any atom is -0.468 e. The van der Waals surface area contributed by atoms with Gasteiger partial charge in [-0.05, 0) is 26.7 Å². The molecule has 1 fully saturated rings. The highest BCUT2D eigenvalue weighted by Crippen LogP contribution is 2.34. The van der Waals surface area contributed by atoms with Gasteiger partial charge >= 0.3 is 0 Å². The molecule has 2 N–H and O–H groups in total. The molecule has 0 aromatic heterocycles. The lowest BCUT2D eigenvalue weighted by atomic mass is 9.75. The van der Waals surface area contributed by atoms with Gasteiger partial charge < -0.3 is 14.9 Å². The van der Waals surface area contributed by atoms with Gasteiger partial charge in [0.25, 0.3) is 0 Å². The van der Waals surface area contributed by atoms with Crippen LogP contribution in [0.5, 0.6) is 0 Å². The summed E-state index contributed by atoms with van der Waals surface area (Å²) in [5, 5.41) is 18.0. The van der Waals surface area contributed by atoms with E-state index in [1.165, 1.54) is 19.3 Å². The number of hydrogen-bond acceptors (Lipinski definition) is 3. The number of allylic oxidation sites excluding steroid dienone is 2. The zero-order chi connectivity index (χ0) is 13.3. The molecule has 0 saturated heterocycles. The summed E-state index contributed by atoms with van der Waals surface area (Å²) < 4.78 is 4.86. The van der Waals surface area contributed by atoms with Gasteiger partial charge in [0.05, 0.1) is 24.7 Å². The summed E-state index contributed by atoms with van der Waals surface area (Å²) in [6, 6.07) is 0. The zero-order valence-electron chi connectivity index (χ0n) is 11.2. The van der Waals surface area contributed by atoms with Crippen molar-refractivity contribution in [1.82, 2.24) is 0 Å². The van der Waals surface area contributed by atoms with Crippen molar-refractivity contribution >= 4 is 0 Å². The topological polar surface area (TPSA) is 49.7 Å². The van der Waals surface area contributed by atoms with Crippen LogP contribution in [0.2, 0.25) is 0 Å². The lowest BCUT2D eigenvalue weighted by Crippen LogP contribution is -2.31. The fourth-order valence-electron chi connectivity index (χ4n) is 1.97. The summed E-state index contributed by atoms with van der Waals surface area (Å²) in [6.45, 7) is 10.9. The van der Waals surface area contributed by atoms with Crippen LogP contribution in [0, 0.1) is 5.41 Å². The van der Waals surface area contributed by atoms with E-state index >= 15 is 0 Å². The van der Waals surface area contributed by atoms with Gasteiger partial charge in [-0.25, -0.2) is 0 Å². The summed E-state index contributed by atoms with van der Waals surface area (Å²) in [5.74, 6) is 1.38. The normalized spacial score (nSPS) is 17.6. The zero-order valence-corrected chi connectivity index (χ0v) is 11.2. The predicted octanol–water partition coefficient (Wildman–Crippen LogP) is 2.99. The van der Waals surface area contributed by atoms with Crippen molar-refractivity contribution < 1.29 is 14.9 Å². The van der Waals surface area contributed by atoms with E-state index < -0.39 is 0 Å². The van der Waals surface area contributed by atoms with Crippen molar-refractivity contribution in [2.45, 2.75) is 46.0 Å². The number of rotatable bonds is 4. The molecule has 1 aliphatic rings. The highest BCUT2D eigenvalue weighted by molar-refractivity contribution is 4.85. The van der Waals surface area contributed by atoms with Gasteiger partial charge in [0.2, 0.25) is 0 Å². The van der Waals surface area contributed by atoms with Crippen LogP contribution in [0.1, 0.15) is 46.0 Å². The van der Waals surface area contributed by atoms with E-state index in [0.29, 0.717) is 11.5 Å². The second-order valence-corrected chi connectivity index (χ2v) is 4.88. The highest BCUT2D eigenvalue weighted by atomic mass is 16.5. The standard InChI is InChI=1S/C8H16O2.C6H10O/c9-6-8(7-10)4-2-1-3-5-8;1-5(2)7-6(3)4/h9-10H,1-7H2;1,3H2,2,4H3. The fourth-order valence-corrected chi connectivity index (χ4v) is 1.97. The molecule has 0 radical (unpaired) electrons. The third-order valence-electron chi connectivity index (χ3n) is 2.93. The van der Waals surface area contributed by atoms with Gasteiger partial charge in [-0.2, -0.15) is 0 Å². The first-order chi connectivity index (χ1) is 7.95. The average molecular weight is 242 g/mol. The molecule has 0 spiro atoms. The molecule has 1 aliphatic carbocycles. The maximum absolute atomic E-state index is 8.98. The fraction of sp³-hybridized carbons (Fsp3) is 0.714. The van der Waals surface area contributed by atoms with Crippen LogP contribution in [0.15, 0.2) is 24.7 Å². The van der Waals surface area contributed by atoms with Gasteiger partial charge in [-0.1, -0.05) is 32.4 Å². The molecule has 0 aromatic rings. The third kappa shape index (κ3) is 7.18. The van der Waals surface area contributed by atoms with Crippen LogP contribution in [0.4, 0.5) is 0 Å². The highest BCUT2D eigenvalue weighted by Gasteiger charge is 2.30. The van der Waals surface area contributed by atoms with Crippen LogP contribution < -0.4 is 0 Å². The van der Waals surface area contributed by atoms with Gasteiger partial charge in [-0.15, -0.1) is 0 Å². The summed E-state index contributed by atoms with van der Waals surface area (Å²) in [7, 11) is 0. The largest absolute Gasteiger partial charge is 0.468 e. The minimum absolute atomic E-state index is 0.127. The average Bonchev–Trinajstić information content (AvgIpc) is 2.29. The smallest absolute Gasteiger partial charge is 0.0933 e. The van der Waals surface area contributed by atoms with Crippen LogP contribution in [0.25, 0.3) is 0 Å². The Labute approximate surface area is 105 Å². The summed E-state index contributed by atoms with van der Waals surface area (Å²) in [6.07, 6.45) is 5.60. The van der Waals surface area contributed by atoms with Gasteiger partial charge in [0.15, 0.2) is 0 Å². The van der Waals surface area contributed by atoms with E-state index in [1.807, 2.05) is 0 Å². The molecule has 0 unspecified atom stereocenters. The van der Waals surface area contributed by atoms with Crippen LogP contribution in [-0.4, -0.2) is 23.4 Å². The molecular weight excluding hydrogens is 216 g/mol. The van der Waals surface area contributed by atoms with Crippen molar-refractivity contribution in [3.05, 3.63) is 24.7 Å². The van der Waals surface area contributed by atoms with E-state index in [4.69, 9.17) is 14.9 Å². The van der Waals surface area contributed by atoms with E-state index in [9.17, 15) is 0 Å². The Morgan fingerprint density at radius 3 is 1.59 bits per heavy atom. The first kappa shape index (κ1) is 16.2. The summed E-state index contributed by atoms with van der Waals surface area (Å²) in [4.78, 5) is 0. The van der Waals surface area contributed by atoms with Gasteiger partial charge in [0.1, 0.15) is 0 Å². The third-order valence-corrected chi connectivity index (χ3v) is 2.93. The summed E-state index contributed by atoms with van der Waals surface area (Å²) >= 11 is 0. The van der Waals surface area contributed by atoms with Crippen molar-refractivity contribution in [1.29, 1.82) is 0 Å². The second-order valence-electron chi connectivity index (χ2n) is 4.88. The number of hydrogen-bond donors (Lipinski definition) is 2. The van der Waals surface area contributed by atoms with E-state index in [1.54, 1.807) is 13.8 Å². The Balaban J connectivity index is 0.000000325. The lowest BCUT2D eigenvalue weighted by Gasteiger charge is -2.33. The molecule has 0 amide bonds. The Bertz CT molecular complexity index is 222. The van der Waals surface area contributed by atoms with E-state index in [2.05, 4.69) is 13.2 Å². The molecule has 3 heteroatoms. The molecule has 0 bridgehead atoms. The maximum atomic E-state index is 8.98. The Hall–Kier alpha value is -0.800. The predicted molar refractivity (Wildman–Crippen MR) is 70.4 cm³/mol. The van der Waals surface area contributed by atoms with Crippen molar-refractivity contribution in [2.75, 3.05) is 13.2 Å². The molecule has 0 atom stereocenters. The van der Waals surface area contributed by atoms with Crippen molar-refractivity contribution in [3.63, 3.8) is 0 Å². The molecular formula is C14H26O3. The number of ether oxygens (including phenoxy) is 1. The quantitative estimate of drug-likeness (QED) is 0.745. The molecule has 100 valence electrons. The number of aliphatic hydroxyl groups excluding tert-OH is 2. The molecule has 0 aliphatic heterocycles. The Morgan fingerprint density at radius 1 is 1.00 bits per heavy atom. The van der Waals surface area contributed by atoms with Crippen LogP contribution in [-0.2, 0) is 4.74 Å². The first-order valence-electron chi connectivity index (χ1n) is 6.16. The maximum Gasteiger partial charge on any atom is 0.0933 e. The molecule has 0 heterocycles. The van der Waals surface area contributed by atoms with Crippen LogP contribution >= 0.6 is 0 Å². The van der Waals surface area contributed by atoms with Crippen LogP contribution in [0.3, 0.4) is 0 Å². The van der Waals surface area contributed by atoms with Gasteiger partial charge in [0, 0.05) is 5.41 Å². The second kappa shape index (κ2) is 8.31. The SMILES string of the molecule is C=C(C)OC(=C)C.OCC1(CO)CCCCC1. The molecule has 3 nitrogen and oxygen atoms in total. The minimum atomic E-state index is -0.127. The Kier molecular flexibility index (Phi) is 7.92. The van der Waals surface area contributed by atoms with E-state index in [-0.39, 0.29) is 18.6 Å². The monoisotopic (exact) mass is 242 g/mol. The van der Waals surface area contributed by atoms with Crippen molar-refractivity contribution in [2.24, 2.45) is 5.41 Å². The van der Waals surface area contributed by atoms with E-state index in [0.717, 1.165) is 12.8 Å². The Morgan fingerprint density at radius 2 is 1.41 bits per heavy atom. The molecule has 1 rings (SSSR count). The molecule has 17 heavy (non-hydrogen) atoms. The molecule has 1 saturated carbocycles. The van der Waals surface area contributed by atoms with Crippen molar-refractivity contribution in [3.8, 4) is 0 Å². The van der Waals surface area contributed by atoms with Gasteiger partial charge in [-0.3, -0.25) is 0 Å². The number of aliphatic hydroxyl groups is 2. The molecule has 0 aromatic carbocycles.